The van der Waals surface area contributed by atoms with E-state index in [1.807, 2.05) is 24.3 Å². The first-order valence-electron chi connectivity index (χ1n) is 6.44. The standard InChI is InChI=1S/C16H14BrF2NO/c1-10(14-7-6-13(18)9-15(14)19)20-16(21)8-11-2-4-12(17)5-3-11/h2-7,9-10H,8H2,1H3,(H,20,21)/t10-/m1/s1. The molecule has 0 aliphatic heterocycles. The molecule has 1 atom stereocenters. The number of hydrogen-bond donors (Lipinski definition) is 1. The molecule has 21 heavy (non-hydrogen) atoms. The van der Waals surface area contributed by atoms with E-state index >= 15 is 0 Å². The van der Waals surface area contributed by atoms with Crippen molar-refractivity contribution < 1.29 is 13.6 Å². The average molecular weight is 354 g/mol. The van der Waals surface area contributed by atoms with Crippen molar-refractivity contribution >= 4 is 21.8 Å². The Kier molecular flexibility index (Phi) is 5.07. The van der Waals surface area contributed by atoms with Gasteiger partial charge in [-0.3, -0.25) is 4.79 Å². The van der Waals surface area contributed by atoms with Crippen molar-refractivity contribution in [2.24, 2.45) is 0 Å². The average Bonchev–Trinajstić information content (AvgIpc) is 2.41. The number of benzene rings is 2. The highest BCUT2D eigenvalue weighted by atomic mass is 79.9. The Labute approximate surface area is 130 Å². The Morgan fingerprint density at radius 2 is 1.86 bits per heavy atom. The summed E-state index contributed by atoms with van der Waals surface area (Å²) < 4.78 is 27.4. The van der Waals surface area contributed by atoms with Crippen LogP contribution in [-0.4, -0.2) is 5.91 Å². The van der Waals surface area contributed by atoms with Gasteiger partial charge in [-0.15, -0.1) is 0 Å². The fourth-order valence-corrected chi connectivity index (χ4v) is 2.27. The van der Waals surface area contributed by atoms with E-state index in [0.29, 0.717) is 0 Å². The van der Waals surface area contributed by atoms with Crippen LogP contribution in [0.4, 0.5) is 8.78 Å². The van der Waals surface area contributed by atoms with Crippen LogP contribution >= 0.6 is 15.9 Å². The van der Waals surface area contributed by atoms with Crippen molar-refractivity contribution in [1.29, 1.82) is 0 Å². The zero-order chi connectivity index (χ0) is 15.4. The topological polar surface area (TPSA) is 29.1 Å². The first-order chi connectivity index (χ1) is 9.95. The Morgan fingerprint density at radius 3 is 2.48 bits per heavy atom. The van der Waals surface area contributed by atoms with E-state index in [9.17, 15) is 13.6 Å². The number of rotatable bonds is 4. The molecule has 0 heterocycles. The molecular formula is C16H14BrF2NO. The molecule has 0 bridgehead atoms. The summed E-state index contributed by atoms with van der Waals surface area (Å²) in [6, 6.07) is 10.2. The molecule has 2 aromatic rings. The molecule has 2 aromatic carbocycles. The van der Waals surface area contributed by atoms with Crippen LogP contribution in [-0.2, 0) is 11.2 Å². The lowest BCUT2D eigenvalue weighted by Gasteiger charge is -2.15. The lowest BCUT2D eigenvalue weighted by atomic mass is 10.1. The van der Waals surface area contributed by atoms with Gasteiger partial charge in [0.1, 0.15) is 11.6 Å². The van der Waals surface area contributed by atoms with Gasteiger partial charge < -0.3 is 5.32 Å². The van der Waals surface area contributed by atoms with Crippen molar-refractivity contribution in [2.45, 2.75) is 19.4 Å². The van der Waals surface area contributed by atoms with Gasteiger partial charge in [0.2, 0.25) is 5.91 Å². The monoisotopic (exact) mass is 353 g/mol. The molecule has 0 aromatic heterocycles. The van der Waals surface area contributed by atoms with E-state index in [1.165, 1.54) is 12.1 Å². The molecule has 1 N–H and O–H groups in total. The maximum atomic E-state index is 13.6. The Bertz CT molecular complexity index is 643. The smallest absolute Gasteiger partial charge is 0.224 e. The zero-order valence-electron chi connectivity index (χ0n) is 11.4. The molecular weight excluding hydrogens is 340 g/mol. The third-order valence-corrected chi connectivity index (χ3v) is 3.61. The van der Waals surface area contributed by atoms with E-state index < -0.39 is 17.7 Å². The second-order valence-electron chi connectivity index (χ2n) is 4.76. The summed E-state index contributed by atoms with van der Waals surface area (Å²) in [7, 11) is 0. The molecule has 0 fully saturated rings. The molecule has 0 saturated heterocycles. The van der Waals surface area contributed by atoms with Crippen molar-refractivity contribution in [3.63, 3.8) is 0 Å². The van der Waals surface area contributed by atoms with E-state index in [0.717, 1.165) is 16.1 Å². The summed E-state index contributed by atoms with van der Waals surface area (Å²) in [5.41, 5.74) is 1.13. The molecule has 2 nitrogen and oxygen atoms in total. The van der Waals surface area contributed by atoms with Crippen molar-refractivity contribution in [3.05, 3.63) is 69.7 Å². The fourth-order valence-electron chi connectivity index (χ4n) is 2.01. The van der Waals surface area contributed by atoms with Crippen LogP contribution in [0.5, 0.6) is 0 Å². The Hall–Kier alpha value is -1.75. The van der Waals surface area contributed by atoms with Crippen LogP contribution in [0.2, 0.25) is 0 Å². The summed E-state index contributed by atoms with van der Waals surface area (Å²) in [5.74, 6) is -1.51. The maximum Gasteiger partial charge on any atom is 0.224 e. The van der Waals surface area contributed by atoms with Crippen molar-refractivity contribution in [3.8, 4) is 0 Å². The van der Waals surface area contributed by atoms with Crippen LogP contribution in [0, 0.1) is 11.6 Å². The largest absolute Gasteiger partial charge is 0.349 e. The molecule has 0 aliphatic rings. The quantitative estimate of drug-likeness (QED) is 0.878. The van der Waals surface area contributed by atoms with Crippen molar-refractivity contribution in [2.75, 3.05) is 0 Å². The number of nitrogens with one attached hydrogen (secondary N) is 1. The minimum Gasteiger partial charge on any atom is -0.349 e. The lowest BCUT2D eigenvalue weighted by Crippen LogP contribution is -2.28. The van der Waals surface area contributed by atoms with Crippen LogP contribution in [0.15, 0.2) is 46.9 Å². The number of carbonyl (C=O) groups excluding carboxylic acids is 1. The summed E-state index contributed by atoms with van der Waals surface area (Å²) in [6.45, 7) is 1.66. The summed E-state index contributed by atoms with van der Waals surface area (Å²) in [6.07, 6.45) is 0.209. The van der Waals surface area contributed by atoms with Crippen LogP contribution in [0.25, 0.3) is 0 Å². The van der Waals surface area contributed by atoms with Crippen molar-refractivity contribution in [1.82, 2.24) is 5.32 Å². The van der Waals surface area contributed by atoms with Gasteiger partial charge in [-0.05, 0) is 30.7 Å². The molecule has 5 heteroatoms. The minimum atomic E-state index is -0.661. The van der Waals surface area contributed by atoms with Crippen LogP contribution in [0.1, 0.15) is 24.1 Å². The van der Waals surface area contributed by atoms with Crippen LogP contribution in [0.3, 0.4) is 0 Å². The Morgan fingerprint density at radius 1 is 1.19 bits per heavy atom. The number of carbonyl (C=O) groups is 1. The highest BCUT2D eigenvalue weighted by Crippen LogP contribution is 2.18. The number of amides is 1. The molecule has 0 aliphatic carbocycles. The summed E-state index contributed by atoms with van der Waals surface area (Å²) >= 11 is 3.32. The van der Waals surface area contributed by atoms with Gasteiger partial charge in [-0.2, -0.15) is 0 Å². The highest BCUT2D eigenvalue weighted by Gasteiger charge is 2.14. The fraction of sp³-hybridized carbons (Fsp3) is 0.188. The molecule has 2 rings (SSSR count). The van der Waals surface area contributed by atoms with Crippen LogP contribution < -0.4 is 5.32 Å². The van der Waals surface area contributed by atoms with Gasteiger partial charge in [0.05, 0.1) is 12.5 Å². The van der Waals surface area contributed by atoms with Gasteiger partial charge in [0, 0.05) is 16.1 Å². The predicted molar refractivity (Wildman–Crippen MR) is 80.8 cm³/mol. The van der Waals surface area contributed by atoms with E-state index in [4.69, 9.17) is 0 Å². The first kappa shape index (κ1) is 15.6. The number of halogens is 3. The molecule has 110 valence electrons. The lowest BCUT2D eigenvalue weighted by molar-refractivity contribution is -0.121. The molecule has 0 unspecified atom stereocenters. The SMILES string of the molecule is C[C@@H](NC(=O)Cc1ccc(Br)cc1)c1ccc(F)cc1F. The van der Waals surface area contributed by atoms with E-state index in [-0.39, 0.29) is 17.9 Å². The second kappa shape index (κ2) is 6.80. The van der Waals surface area contributed by atoms with Gasteiger partial charge in [-0.25, -0.2) is 8.78 Å². The highest BCUT2D eigenvalue weighted by molar-refractivity contribution is 9.10. The van der Waals surface area contributed by atoms with Gasteiger partial charge in [0.25, 0.3) is 0 Å². The minimum absolute atomic E-state index is 0.209. The molecule has 0 saturated carbocycles. The molecule has 1 amide bonds. The zero-order valence-corrected chi connectivity index (χ0v) is 13.0. The predicted octanol–water partition coefficient (Wildman–Crippen LogP) is 4.15. The van der Waals surface area contributed by atoms with Gasteiger partial charge >= 0.3 is 0 Å². The first-order valence-corrected chi connectivity index (χ1v) is 7.24. The normalized spacial score (nSPS) is 12.0. The van der Waals surface area contributed by atoms with E-state index in [1.54, 1.807) is 6.92 Å². The maximum absolute atomic E-state index is 13.6. The third kappa shape index (κ3) is 4.36. The van der Waals surface area contributed by atoms with E-state index in [2.05, 4.69) is 21.2 Å². The van der Waals surface area contributed by atoms with Gasteiger partial charge in [-0.1, -0.05) is 34.1 Å². The summed E-state index contributed by atoms with van der Waals surface area (Å²) in [5, 5.41) is 2.71. The third-order valence-electron chi connectivity index (χ3n) is 3.08. The Balaban J connectivity index is 2.00. The second-order valence-corrected chi connectivity index (χ2v) is 5.67. The summed E-state index contributed by atoms with van der Waals surface area (Å²) in [4.78, 5) is 11.9. The number of hydrogen-bond acceptors (Lipinski definition) is 1. The van der Waals surface area contributed by atoms with Gasteiger partial charge in [0.15, 0.2) is 0 Å². The molecule has 0 spiro atoms. The molecule has 0 radical (unpaired) electrons.